The van der Waals surface area contributed by atoms with Gasteiger partial charge in [-0.3, -0.25) is 4.79 Å². The second-order valence-corrected chi connectivity index (χ2v) is 11.0. The van der Waals surface area contributed by atoms with Gasteiger partial charge in [-0.25, -0.2) is 18.7 Å². The average Bonchev–Trinajstić information content (AvgIpc) is 2.83. The van der Waals surface area contributed by atoms with Gasteiger partial charge in [0.05, 0.1) is 29.5 Å². The molecule has 12 heteroatoms. The molecule has 0 spiro atoms. The van der Waals surface area contributed by atoms with Crippen LogP contribution in [0.1, 0.15) is 53.2 Å². The molecular formula is C25H27B2BrF2N4O3. The molecule has 1 heterocycles. The molecule has 0 aliphatic heterocycles. The Morgan fingerprint density at radius 3 is 2.57 bits per heavy atom. The van der Waals surface area contributed by atoms with E-state index in [0.717, 1.165) is 18.5 Å². The number of nitrogens with zero attached hydrogens (tertiary/aromatic N) is 2. The fraction of sp³-hybridized carbons (Fsp3) is 0.320. The number of nitrogens with two attached hydrogens (primary N) is 1. The Bertz CT molecular complexity index is 1320. The predicted molar refractivity (Wildman–Crippen MR) is 145 cm³/mol. The summed E-state index contributed by atoms with van der Waals surface area (Å²) in [5, 5.41) is 22.8. The van der Waals surface area contributed by atoms with E-state index in [4.69, 9.17) is 5.73 Å². The first-order valence-corrected chi connectivity index (χ1v) is 12.7. The number of aromatic nitrogens is 2. The number of carbonyl (C=O) groups excluding carboxylic acids is 1. The third kappa shape index (κ3) is 6.02. The van der Waals surface area contributed by atoms with Crippen molar-refractivity contribution in [1.29, 1.82) is 0 Å². The van der Waals surface area contributed by atoms with Gasteiger partial charge < -0.3 is 21.3 Å². The van der Waals surface area contributed by atoms with Crippen molar-refractivity contribution in [2.45, 2.75) is 42.5 Å². The zero-order valence-corrected chi connectivity index (χ0v) is 22.1. The molecular weight excluding hydrogens is 544 g/mol. The highest BCUT2D eigenvalue weighted by Gasteiger charge is 2.32. The monoisotopic (exact) mass is 570 g/mol. The summed E-state index contributed by atoms with van der Waals surface area (Å²) in [7, 11) is 3.34. The van der Waals surface area contributed by atoms with Gasteiger partial charge in [0.1, 0.15) is 38.8 Å². The quantitative estimate of drug-likeness (QED) is 0.336. The van der Waals surface area contributed by atoms with Gasteiger partial charge in [-0.2, -0.15) is 0 Å². The van der Waals surface area contributed by atoms with Gasteiger partial charge in [0.15, 0.2) is 0 Å². The molecule has 0 bridgehead atoms. The highest BCUT2D eigenvalue weighted by molar-refractivity contribution is 9.10. The molecule has 1 aliphatic carbocycles. The van der Waals surface area contributed by atoms with Crippen molar-refractivity contribution in [2.24, 2.45) is 0 Å². The lowest BCUT2D eigenvalue weighted by Crippen LogP contribution is -2.49. The highest BCUT2D eigenvalue weighted by atomic mass is 79.9. The summed E-state index contributed by atoms with van der Waals surface area (Å²) in [5.74, 6) is -1.89. The minimum atomic E-state index is -1.36. The van der Waals surface area contributed by atoms with Crippen LogP contribution in [-0.2, 0) is 5.44 Å². The van der Waals surface area contributed by atoms with Gasteiger partial charge in [0, 0.05) is 21.5 Å². The molecule has 1 saturated carbocycles. The minimum Gasteiger partial charge on any atom is -0.399 e. The molecule has 4 rings (SSSR count). The van der Waals surface area contributed by atoms with Crippen LogP contribution in [0.25, 0.3) is 11.3 Å². The van der Waals surface area contributed by atoms with Crippen LogP contribution >= 0.6 is 15.9 Å². The summed E-state index contributed by atoms with van der Waals surface area (Å²) < 4.78 is 29.5. The van der Waals surface area contributed by atoms with Crippen LogP contribution in [0.3, 0.4) is 0 Å². The van der Waals surface area contributed by atoms with Crippen LogP contribution in [0.4, 0.5) is 14.6 Å². The van der Waals surface area contributed by atoms with E-state index < -0.39 is 35.1 Å². The highest BCUT2D eigenvalue weighted by Crippen LogP contribution is 2.37. The Balaban J connectivity index is 1.58. The predicted octanol–water partition coefficient (Wildman–Crippen LogP) is 1.95. The molecule has 1 aliphatic rings. The molecule has 1 fully saturated rings. The number of aliphatic hydroxyl groups excluding tert-OH is 1. The number of hydrogen-bond acceptors (Lipinski definition) is 6. The maximum atomic E-state index is 15.2. The minimum absolute atomic E-state index is 0.112. The summed E-state index contributed by atoms with van der Waals surface area (Å²) in [4.78, 5) is 21.9. The lowest BCUT2D eigenvalue weighted by molar-refractivity contribution is 0.0784. The smallest absolute Gasteiger partial charge is 0.254 e. The Morgan fingerprint density at radius 2 is 1.95 bits per heavy atom. The number of rotatable bonds is 6. The topological polar surface area (TPSA) is 121 Å². The van der Waals surface area contributed by atoms with Crippen molar-refractivity contribution in [3.05, 3.63) is 75.5 Å². The Hall–Kier alpha value is -2.82. The van der Waals surface area contributed by atoms with Gasteiger partial charge >= 0.3 is 0 Å². The summed E-state index contributed by atoms with van der Waals surface area (Å²) in [6.07, 6.45) is 4.42. The normalized spacial score (nSPS) is 21.3. The third-order valence-electron chi connectivity index (χ3n) is 6.99. The largest absolute Gasteiger partial charge is 0.399 e. The van der Waals surface area contributed by atoms with Crippen molar-refractivity contribution < 1.29 is 23.8 Å². The van der Waals surface area contributed by atoms with Gasteiger partial charge in [-0.15, -0.1) is 0 Å². The first-order chi connectivity index (χ1) is 17.4. The van der Waals surface area contributed by atoms with E-state index in [9.17, 15) is 19.4 Å². The summed E-state index contributed by atoms with van der Waals surface area (Å²) in [6, 6.07) is 8.03. The second-order valence-electron chi connectivity index (χ2n) is 10.1. The average molecular weight is 571 g/mol. The van der Waals surface area contributed by atoms with Gasteiger partial charge in [-0.05, 0) is 61.6 Å². The molecule has 1 amide bonds. The number of hydrogen-bond donors (Lipinski definition) is 4. The van der Waals surface area contributed by atoms with Crippen LogP contribution < -0.4 is 11.1 Å². The van der Waals surface area contributed by atoms with E-state index in [1.807, 2.05) is 7.85 Å². The molecule has 1 aromatic heterocycles. The van der Waals surface area contributed by atoms with E-state index in [-0.39, 0.29) is 17.3 Å². The van der Waals surface area contributed by atoms with Crippen molar-refractivity contribution in [1.82, 2.24) is 15.3 Å². The van der Waals surface area contributed by atoms with Crippen LogP contribution in [-0.4, -0.2) is 53.9 Å². The zero-order chi connectivity index (χ0) is 27.0. The van der Waals surface area contributed by atoms with Gasteiger partial charge in [0.2, 0.25) is 0 Å². The Morgan fingerprint density at radius 1 is 1.24 bits per heavy atom. The number of benzene rings is 2. The van der Waals surface area contributed by atoms with Crippen LogP contribution in [0.15, 0.2) is 47.1 Å². The molecule has 0 radical (unpaired) electrons. The molecule has 3 aromatic rings. The second kappa shape index (κ2) is 10.5. The number of aliphatic hydroxyl groups is 2. The number of anilines is 1. The van der Waals surface area contributed by atoms with E-state index in [1.165, 1.54) is 38.2 Å². The molecule has 192 valence electrons. The molecule has 0 saturated heterocycles. The zero-order valence-electron chi connectivity index (χ0n) is 20.6. The van der Waals surface area contributed by atoms with E-state index in [1.54, 1.807) is 12.3 Å². The summed E-state index contributed by atoms with van der Waals surface area (Å²) in [6.45, 7) is -0.538. The van der Waals surface area contributed by atoms with E-state index in [2.05, 4.69) is 31.2 Å². The number of nitrogens with one attached hydrogen (secondary N) is 1. The molecule has 7 nitrogen and oxygen atoms in total. The first-order valence-electron chi connectivity index (χ1n) is 12.0. The van der Waals surface area contributed by atoms with Gasteiger partial charge in [-0.1, -0.05) is 22.0 Å². The van der Waals surface area contributed by atoms with Crippen molar-refractivity contribution >= 4 is 43.3 Å². The Labute approximate surface area is 223 Å². The van der Waals surface area contributed by atoms with Crippen LogP contribution in [0, 0.1) is 11.6 Å². The van der Waals surface area contributed by atoms with Crippen molar-refractivity contribution in [3.63, 3.8) is 0 Å². The number of halogens is 3. The SMILES string of the molecule is BC1(O)CCC(c2cnc(N)c(-c3ccc(C(=O)N[C@](B)(CO)c4cc(F)cc(Br)c4)c(F)c3)n2)CC1. The molecule has 1 atom stereocenters. The lowest BCUT2D eigenvalue weighted by Gasteiger charge is -2.33. The Kier molecular flexibility index (Phi) is 7.73. The fourth-order valence-electron chi connectivity index (χ4n) is 4.60. The third-order valence-corrected chi connectivity index (χ3v) is 7.45. The maximum Gasteiger partial charge on any atom is 0.254 e. The van der Waals surface area contributed by atoms with Crippen molar-refractivity contribution in [3.8, 4) is 11.3 Å². The van der Waals surface area contributed by atoms with Crippen LogP contribution in [0.5, 0.6) is 0 Å². The fourth-order valence-corrected chi connectivity index (χ4v) is 5.06. The van der Waals surface area contributed by atoms with Crippen molar-refractivity contribution in [2.75, 3.05) is 12.3 Å². The molecule has 5 N–H and O–H groups in total. The van der Waals surface area contributed by atoms with Gasteiger partial charge in [0.25, 0.3) is 5.91 Å². The van der Waals surface area contributed by atoms with Crippen LogP contribution in [0.2, 0.25) is 0 Å². The number of amides is 1. The molecule has 2 aromatic carbocycles. The lowest BCUT2D eigenvalue weighted by atomic mass is 9.67. The standard InChI is InChI=1S/C25H27B2BrF2N4O3/c26-24(37)5-3-13(4-6-24)20-11-32-22(31)21(33-20)14-1-2-18(19(30)7-14)23(36)34-25(27,12-35)15-8-16(28)10-17(29)9-15/h1-2,7-11,13,35,37H,3-6,12,26-27H2,(H2,31,32)(H,34,36)/t13?,24?,25-/m1/s1. The number of nitrogen functional groups attached to an aromatic ring is 1. The first kappa shape index (κ1) is 27.2. The molecule has 0 unspecified atom stereocenters. The van der Waals surface area contributed by atoms with E-state index in [0.29, 0.717) is 34.1 Å². The maximum absolute atomic E-state index is 15.2. The summed E-state index contributed by atoms with van der Waals surface area (Å²) >= 11 is 3.20. The molecule has 37 heavy (non-hydrogen) atoms. The van der Waals surface area contributed by atoms with E-state index >= 15 is 4.39 Å². The summed E-state index contributed by atoms with van der Waals surface area (Å²) in [5.41, 5.74) is 5.47. The number of carbonyl (C=O) groups is 1.